The highest BCUT2D eigenvalue weighted by Gasteiger charge is 2.22. The lowest BCUT2D eigenvalue weighted by atomic mass is 10.0. The molecule has 0 atom stereocenters. The van der Waals surface area contributed by atoms with E-state index in [0.29, 0.717) is 12.4 Å². The average Bonchev–Trinajstić information content (AvgIpc) is 3.35. The first-order valence-electron chi connectivity index (χ1n) is 7.50. The summed E-state index contributed by atoms with van der Waals surface area (Å²) in [6, 6.07) is 6.17. The molecule has 4 aromatic rings. The largest absolute Gasteiger partial charge is 0.492 e. The fraction of sp³-hybridized carbons (Fsp3) is 0.125. The van der Waals surface area contributed by atoms with E-state index in [1.165, 1.54) is 11.2 Å². The van der Waals surface area contributed by atoms with Crippen molar-refractivity contribution in [1.29, 1.82) is 0 Å². The normalized spacial score (nSPS) is 13.0. The number of fused-ring (bicyclic) bond motifs is 3. The summed E-state index contributed by atoms with van der Waals surface area (Å²) < 4.78 is 5.96. The lowest BCUT2D eigenvalue weighted by Crippen LogP contribution is -1.97. The Morgan fingerprint density at radius 1 is 1.17 bits per heavy atom. The zero-order valence-corrected chi connectivity index (χ0v) is 13.3. The minimum Gasteiger partial charge on any atom is -0.492 e. The van der Waals surface area contributed by atoms with Gasteiger partial charge in [0, 0.05) is 28.6 Å². The van der Waals surface area contributed by atoms with Gasteiger partial charge < -0.3 is 4.74 Å². The van der Waals surface area contributed by atoms with Gasteiger partial charge in [0.15, 0.2) is 10.8 Å². The molecule has 0 aliphatic carbocycles. The molecule has 3 aromatic heterocycles. The lowest BCUT2D eigenvalue weighted by molar-refractivity contribution is 0.327. The van der Waals surface area contributed by atoms with E-state index in [1.807, 2.05) is 12.3 Å². The van der Waals surface area contributed by atoms with Gasteiger partial charge in [-0.1, -0.05) is 6.07 Å². The van der Waals surface area contributed by atoms with Gasteiger partial charge in [-0.15, -0.1) is 11.3 Å². The van der Waals surface area contributed by atoms with E-state index >= 15 is 0 Å². The summed E-state index contributed by atoms with van der Waals surface area (Å²) in [6.45, 7) is 0.632. The number of rotatable bonds is 2. The Morgan fingerprint density at radius 2 is 2.17 bits per heavy atom. The Balaban J connectivity index is 1.63. The zero-order valence-electron chi connectivity index (χ0n) is 12.5. The maximum Gasteiger partial charge on any atom is 0.184 e. The highest BCUT2D eigenvalue weighted by molar-refractivity contribution is 7.15. The summed E-state index contributed by atoms with van der Waals surface area (Å²) in [5.41, 5.74) is 4.08. The quantitative estimate of drug-likeness (QED) is 0.587. The van der Waals surface area contributed by atoms with Crippen molar-refractivity contribution < 1.29 is 4.74 Å². The van der Waals surface area contributed by atoms with Crippen molar-refractivity contribution in [3.63, 3.8) is 0 Å². The molecule has 7 nitrogen and oxygen atoms in total. The molecule has 4 heterocycles. The van der Waals surface area contributed by atoms with Crippen LogP contribution in [0.25, 0.3) is 33.2 Å². The van der Waals surface area contributed by atoms with Gasteiger partial charge in [-0.05, 0) is 17.7 Å². The first-order valence-corrected chi connectivity index (χ1v) is 8.32. The predicted molar refractivity (Wildman–Crippen MR) is 89.7 cm³/mol. The summed E-state index contributed by atoms with van der Waals surface area (Å²) >= 11 is 1.63. The van der Waals surface area contributed by atoms with Crippen molar-refractivity contribution >= 4 is 11.3 Å². The van der Waals surface area contributed by atoms with Crippen LogP contribution in [0.1, 0.15) is 4.88 Å². The second-order valence-corrected chi connectivity index (χ2v) is 6.50. The number of thiazole rings is 1. The molecule has 24 heavy (non-hydrogen) atoms. The van der Waals surface area contributed by atoms with Gasteiger partial charge in [0.25, 0.3) is 0 Å². The van der Waals surface area contributed by atoms with Gasteiger partial charge in [0.05, 0.1) is 18.5 Å². The highest BCUT2D eigenvalue weighted by Crippen LogP contribution is 2.41. The van der Waals surface area contributed by atoms with Gasteiger partial charge in [-0.2, -0.15) is 10.2 Å². The Morgan fingerprint density at radius 3 is 3.00 bits per heavy atom. The van der Waals surface area contributed by atoms with Gasteiger partial charge in [-0.3, -0.25) is 10.2 Å². The van der Waals surface area contributed by atoms with Crippen LogP contribution in [0.4, 0.5) is 0 Å². The number of nitrogens with one attached hydrogen (secondary N) is 2. The Bertz CT molecular complexity index is 990. The zero-order chi connectivity index (χ0) is 15.9. The number of benzene rings is 1. The number of ether oxygens (including phenoxy) is 1. The van der Waals surface area contributed by atoms with Gasteiger partial charge in [0.2, 0.25) is 0 Å². The Labute approximate surface area is 140 Å². The number of H-pyrrole nitrogens is 2. The second-order valence-electron chi connectivity index (χ2n) is 5.42. The molecule has 0 saturated heterocycles. The molecule has 0 amide bonds. The van der Waals surface area contributed by atoms with Crippen LogP contribution in [0, 0.1) is 0 Å². The van der Waals surface area contributed by atoms with Gasteiger partial charge in [-0.25, -0.2) is 9.97 Å². The van der Waals surface area contributed by atoms with Crippen LogP contribution in [0.5, 0.6) is 5.75 Å². The summed E-state index contributed by atoms with van der Waals surface area (Å²) in [4.78, 5) is 10.2. The molecule has 2 N–H and O–H groups in total. The fourth-order valence-corrected chi connectivity index (χ4v) is 3.82. The van der Waals surface area contributed by atoms with Gasteiger partial charge >= 0.3 is 0 Å². The van der Waals surface area contributed by atoms with Crippen molar-refractivity contribution in [2.75, 3.05) is 6.61 Å². The molecule has 5 rings (SSSR count). The maximum absolute atomic E-state index is 5.96. The molecule has 1 aliphatic heterocycles. The molecule has 8 heteroatoms. The molecule has 0 radical (unpaired) electrons. The van der Waals surface area contributed by atoms with E-state index in [4.69, 9.17) is 9.72 Å². The SMILES string of the molecule is c1n[nH]c(-c2nc3c(s2)CCOc2cc(-c4cn[nH]c4)ccc2-3)n1. The molecule has 0 spiro atoms. The third-order valence-corrected chi connectivity index (χ3v) is 5.09. The summed E-state index contributed by atoms with van der Waals surface area (Å²) in [7, 11) is 0. The Hall–Kier alpha value is -3.00. The smallest absolute Gasteiger partial charge is 0.184 e. The molecule has 118 valence electrons. The monoisotopic (exact) mass is 336 g/mol. The van der Waals surface area contributed by atoms with Crippen molar-refractivity contribution in [3.05, 3.63) is 41.8 Å². The maximum atomic E-state index is 5.96. The minimum atomic E-state index is 0.632. The molecule has 0 saturated carbocycles. The van der Waals surface area contributed by atoms with Crippen LogP contribution in [0.2, 0.25) is 0 Å². The number of nitrogens with zero attached hydrogens (tertiary/aromatic N) is 4. The molecule has 1 aromatic carbocycles. The number of aromatic amines is 2. The predicted octanol–water partition coefficient (Wildman–Crippen LogP) is 2.92. The van der Waals surface area contributed by atoms with Crippen LogP contribution < -0.4 is 4.74 Å². The molecular formula is C16H12N6OS. The summed E-state index contributed by atoms with van der Waals surface area (Å²) in [5.74, 6) is 1.55. The van der Waals surface area contributed by atoms with E-state index < -0.39 is 0 Å². The number of aromatic nitrogens is 6. The molecular weight excluding hydrogens is 324 g/mol. The topological polar surface area (TPSA) is 92.4 Å². The first kappa shape index (κ1) is 13.4. The molecule has 0 fully saturated rings. The summed E-state index contributed by atoms with van der Waals surface area (Å²) in [6.07, 6.45) is 6.00. The highest BCUT2D eigenvalue weighted by atomic mass is 32.1. The van der Waals surface area contributed by atoms with Crippen LogP contribution in [0.3, 0.4) is 0 Å². The lowest BCUT2D eigenvalue weighted by Gasteiger charge is -2.08. The van der Waals surface area contributed by atoms with Gasteiger partial charge in [0.1, 0.15) is 12.1 Å². The number of hydrogen-bond acceptors (Lipinski definition) is 6. The third-order valence-electron chi connectivity index (χ3n) is 3.97. The van der Waals surface area contributed by atoms with Crippen molar-refractivity contribution in [1.82, 2.24) is 30.4 Å². The molecule has 0 unspecified atom stereocenters. The molecule has 1 aliphatic rings. The standard InChI is InChI=1S/C16H12N6OS/c1-2-11-12(5-9(1)10-6-18-19-7-10)23-4-3-13-14(11)21-16(24-13)15-17-8-20-22-15/h1-2,5-8H,3-4H2,(H,18,19)(H,17,20,22). The van der Waals surface area contributed by atoms with Crippen LogP contribution in [-0.4, -0.2) is 37.0 Å². The van der Waals surface area contributed by atoms with E-state index in [-0.39, 0.29) is 0 Å². The minimum absolute atomic E-state index is 0.632. The van der Waals surface area contributed by atoms with E-state index in [2.05, 4.69) is 37.5 Å². The fourth-order valence-electron chi connectivity index (χ4n) is 2.82. The van der Waals surface area contributed by atoms with Crippen molar-refractivity contribution in [2.45, 2.75) is 6.42 Å². The van der Waals surface area contributed by atoms with E-state index in [0.717, 1.165) is 39.6 Å². The van der Waals surface area contributed by atoms with Crippen LogP contribution in [0.15, 0.2) is 36.9 Å². The Kier molecular flexibility index (Phi) is 2.95. The summed E-state index contributed by atoms with van der Waals surface area (Å²) in [5, 5.41) is 14.5. The van der Waals surface area contributed by atoms with Crippen LogP contribution in [-0.2, 0) is 6.42 Å². The van der Waals surface area contributed by atoms with Crippen molar-refractivity contribution in [2.24, 2.45) is 0 Å². The second kappa shape index (κ2) is 5.27. The van der Waals surface area contributed by atoms with E-state index in [9.17, 15) is 0 Å². The van der Waals surface area contributed by atoms with Crippen LogP contribution >= 0.6 is 11.3 Å². The molecule has 0 bridgehead atoms. The van der Waals surface area contributed by atoms with E-state index in [1.54, 1.807) is 17.5 Å². The van der Waals surface area contributed by atoms with Crippen molar-refractivity contribution in [3.8, 4) is 39.0 Å². The first-order chi connectivity index (χ1) is 11.9. The number of hydrogen-bond donors (Lipinski definition) is 2. The third kappa shape index (κ3) is 2.11. The average molecular weight is 336 g/mol.